The van der Waals surface area contributed by atoms with Crippen LogP contribution < -0.4 is 0 Å². The van der Waals surface area contributed by atoms with E-state index in [0.717, 1.165) is 24.2 Å². The van der Waals surface area contributed by atoms with Crippen LogP contribution in [0.1, 0.15) is 47.4 Å². The van der Waals surface area contributed by atoms with E-state index in [9.17, 15) is 9.90 Å². The van der Waals surface area contributed by atoms with E-state index in [0.29, 0.717) is 38.1 Å². The standard InChI is InChI=1S/C17H24N2O3/c1-12-10-14(11-13(2)18-12)16(21)19-7-5-17(6-8-19)15(20)4-3-9-22-17/h10-11,15,20H,3-9H2,1-2H3. The predicted octanol–water partition coefficient (Wildman–Crippen LogP) is 1.84. The average Bonchev–Trinajstić information content (AvgIpc) is 2.49. The molecule has 3 heterocycles. The maximum absolute atomic E-state index is 12.7. The van der Waals surface area contributed by atoms with Crippen LogP contribution in [0.15, 0.2) is 12.1 Å². The van der Waals surface area contributed by atoms with E-state index < -0.39 is 11.7 Å². The lowest BCUT2D eigenvalue weighted by Gasteiger charge is -2.46. The summed E-state index contributed by atoms with van der Waals surface area (Å²) in [6, 6.07) is 3.68. The molecule has 2 fully saturated rings. The molecule has 5 heteroatoms. The Morgan fingerprint density at radius 1 is 1.32 bits per heavy atom. The van der Waals surface area contributed by atoms with Gasteiger partial charge in [0, 0.05) is 36.6 Å². The summed E-state index contributed by atoms with van der Waals surface area (Å²) < 4.78 is 5.89. The highest BCUT2D eigenvalue weighted by atomic mass is 16.5. The zero-order valence-electron chi connectivity index (χ0n) is 13.3. The molecule has 2 aliphatic heterocycles. The van der Waals surface area contributed by atoms with Gasteiger partial charge in [0.15, 0.2) is 0 Å². The number of likely N-dealkylation sites (tertiary alicyclic amines) is 1. The second kappa shape index (κ2) is 5.97. The van der Waals surface area contributed by atoms with Crippen molar-refractivity contribution in [3.8, 4) is 0 Å². The number of aromatic nitrogens is 1. The number of ether oxygens (including phenoxy) is 1. The molecule has 120 valence electrons. The molecule has 3 rings (SSSR count). The van der Waals surface area contributed by atoms with Gasteiger partial charge in [-0.3, -0.25) is 9.78 Å². The quantitative estimate of drug-likeness (QED) is 0.860. The second-order valence-corrected chi connectivity index (χ2v) is 6.50. The highest BCUT2D eigenvalue weighted by molar-refractivity contribution is 5.94. The number of carbonyl (C=O) groups is 1. The zero-order chi connectivity index (χ0) is 15.7. The van der Waals surface area contributed by atoms with Crippen LogP contribution in [0.3, 0.4) is 0 Å². The Morgan fingerprint density at radius 2 is 1.95 bits per heavy atom. The lowest BCUT2D eigenvalue weighted by atomic mass is 9.82. The second-order valence-electron chi connectivity index (χ2n) is 6.50. The Morgan fingerprint density at radius 3 is 2.55 bits per heavy atom. The van der Waals surface area contributed by atoms with Gasteiger partial charge in [-0.15, -0.1) is 0 Å². The van der Waals surface area contributed by atoms with Gasteiger partial charge in [0.2, 0.25) is 0 Å². The topological polar surface area (TPSA) is 62.7 Å². The molecular formula is C17H24N2O3. The highest BCUT2D eigenvalue weighted by Crippen LogP contribution is 2.35. The molecule has 0 aromatic carbocycles. The summed E-state index contributed by atoms with van der Waals surface area (Å²) in [5, 5.41) is 10.3. The van der Waals surface area contributed by atoms with Crippen molar-refractivity contribution in [3.63, 3.8) is 0 Å². The zero-order valence-corrected chi connectivity index (χ0v) is 13.3. The molecule has 0 saturated carbocycles. The van der Waals surface area contributed by atoms with E-state index >= 15 is 0 Å². The Kier molecular flexibility index (Phi) is 4.19. The van der Waals surface area contributed by atoms with Crippen LogP contribution >= 0.6 is 0 Å². The first-order chi connectivity index (χ1) is 10.5. The third-order valence-electron chi connectivity index (χ3n) is 4.84. The third kappa shape index (κ3) is 2.88. The van der Waals surface area contributed by atoms with Gasteiger partial charge in [0.1, 0.15) is 0 Å². The van der Waals surface area contributed by atoms with Crippen LogP contribution in [-0.4, -0.2) is 52.3 Å². The van der Waals surface area contributed by atoms with Gasteiger partial charge in [-0.05, 0) is 51.7 Å². The van der Waals surface area contributed by atoms with Crippen molar-refractivity contribution in [2.45, 2.75) is 51.2 Å². The van der Waals surface area contributed by atoms with E-state index in [4.69, 9.17) is 4.74 Å². The summed E-state index contributed by atoms with van der Waals surface area (Å²) >= 11 is 0. The first kappa shape index (κ1) is 15.4. The summed E-state index contributed by atoms with van der Waals surface area (Å²) in [5.74, 6) is 0.0498. The highest BCUT2D eigenvalue weighted by Gasteiger charge is 2.44. The first-order valence-corrected chi connectivity index (χ1v) is 8.07. The normalized spacial score (nSPS) is 24.5. The molecule has 22 heavy (non-hydrogen) atoms. The fourth-order valence-electron chi connectivity index (χ4n) is 3.62. The van der Waals surface area contributed by atoms with Gasteiger partial charge in [0.05, 0.1) is 11.7 Å². The van der Waals surface area contributed by atoms with Gasteiger partial charge < -0.3 is 14.7 Å². The fraction of sp³-hybridized carbons (Fsp3) is 0.647. The minimum absolute atomic E-state index is 0.0498. The summed E-state index contributed by atoms with van der Waals surface area (Å²) in [6.07, 6.45) is 2.74. The number of piperidine rings is 1. The number of nitrogens with zero attached hydrogens (tertiary/aromatic N) is 2. The first-order valence-electron chi connectivity index (χ1n) is 8.07. The molecule has 1 aromatic heterocycles. The predicted molar refractivity (Wildman–Crippen MR) is 82.8 cm³/mol. The molecule has 1 unspecified atom stereocenters. The van der Waals surface area contributed by atoms with Crippen LogP contribution in [0.5, 0.6) is 0 Å². The molecular weight excluding hydrogens is 280 g/mol. The van der Waals surface area contributed by atoms with Gasteiger partial charge in [0.25, 0.3) is 5.91 Å². The van der Waals surface area contributed by atoms with E-state index in [-0.39, 0.29) is 5.91 Å². The number of rotatable bonds is 1. The van der Waals surface area contributed by atoms with Gasteiger partial charge in [-0.1, -0.05) is 0 Å². The summed E-state index contributed by atoms with van der Waals surface area (Å²) in [5.41, 5.74) is 2.00. The number of pyridine rings is 1. The lowest BCUT2D eigenvalue weighted by molar-refractivity contribution is -0.174. The Balaban J connectivity index is 1.69. The SMILES string of the molecule is Cc1cc(C(=O)N2CCC3(CC2)OCCCC3O)cc(C)n1. The smallest absolute Gasteiger partial charge is 0.253 e. The van der Waals surface area contributed by atoms with Gasteiger partial charge in [-0.25, -0.2) is 0 Å². The minimum Gasteiger partial charge on any atom is -0.390 e. The fourth-order valence-corrected chi connectivity index (χ4v) is 3.62. The largest absolute Gasteiger partial charge is 0.390 e. The van der Waals surface area contributed by atoms with Gasteiger partial charge in [-0.2, -0.15) is 0 Å². The number of aliphatic hydroxyl groups is 1. The van der Waals surface area contributed by atoms with Crippen LogP contribution in [0.25, 0.3) is 0 Å². The number of hydrogen-bond donors (Lipinski definition) is 1. The number of carbonyl (C=O) groups excluding carboxylic acids is 1. The third-order valence-corrected chi connectivity index (χ3v) is 4.84. The molecule has 0 bridgehead atoms. The van der Waals surface area contributed by atoms with Crippen molar-refractivity contribution in [1.29, 1.82) is 0 Å². The maximum atomic E-state index is 12.7. The van der Waals surface area contributed by atoms with E-state index in [1.54, 1.807) is 0 Å². The number of hydrogen-bond acceptors (Lipinski definition) is 4. The molecule has 5 nitrogen and oxygen atoms in total. The molecule has 0 radical (unpaired) electrons. The van der Waals surface area contributed by atoms with Crippen molar-refractivity contribution in [1.82, 2.24) is 9.88 Å². The summed E-state index contributed by atoms with van der Waals surface area (Å²) in [6.45, 7) is 5.79. The molecule has 2 saturated heterocycles. The average molecular weight is 304 g/mol. The van der Waals surface area contributed by atoms with E-state index in [1.165, 1.54) is 0 Å². The molecule has 1 aromatic rings. The van der Waals surface area contributed by atoms with Crippen molar-refractivity contribution in [2.24, 2.45) is 0 Å². The number of amides is 1. The molecule has 1 spiro atoms. The van der Waals surface area contributed by atoms with Crippen LogP contribution in [0.2, 0.25) is 0 Å². The van der Waals surface area contributed by atoms with Crippen molar-refractivity contribution in [3.05, 3.63) is 29.1 Å². The molecule has 1 atom stereocenters. The molecule has 1 N–H and O–H groups in total. The van der Waals surface area contributed by atoms with E-state index in [2.05, 4.69) is 4.98 Å². The minimum atomic E-state index is -0.431. The van der Waals surface area contributed by atoms with Crippen molar-refractivity contribution < 1.29 is 14.6 Å². The Labute approximate surface area is 131 Å². The van der Waals surface area contributed by atoms with Gasteiger partial charge >= 0.3 is 0 Å². The Hall–Kier alpha value is -1.46. The number of aliphatic hydroxyl groups excluding tert-OH is 1. The molecule has 1 amide bonds. The molecule has 2 aliphatic rings. The maximum Gasteiger partial charge on any atom is 0.253 e. The Bertz CT molecular complexity index is 545. The number of aryl methyl sites for hydroxylation is 2. The lowest BCUT2D eigenvalue weighted by Crippen LogP contribution is -2.56. The van der Waals surface area contributed by atoms with Crippen molar-refractivity contribution >= 4 is 5.91 Å². The summed E-state index contributed by atoms with van der Waals surface area (Å²) in [7, 11) is 0. The summed E-state index contributed by atoms with van der Waals surface area (Å²) in [4.78, 5) is 18.8. The molecule has 0 aliphatic carbocycles. The van der Waals surface area contributed by atoms with E-state index in [1.807, 2.05) is 30.9 Å². The van der Waals surface area contributed by atoms with Crippen LogP contribution in [0.4, 0.5) is 0 Å². The van der Waals surface area contributed by atoms with Crippen molar-refractivity contribution in [2.75, 3.05) is 19.7 Å². The van der Waals surface area contributed by atoms with Crippen LogP contribution in [0, 0.1) is 13.8 Å². The van der Waals surface area contributed by atoms with Crippen LogP contribution in [-0.2, 0) is 4.74 Å². The monoisotopic (exact) mass is 304 g/mol.